The minimum absolute atomic E-state index is 0.318. The summed E-state index contributed by atoms with van der Waals surface area (Å²) >= 11 is 0. The van der Waals surface area contributed by atoms with Crippen molar-refractivity contribution in [3.8, 4) is 5.69 Å². The minimum Gasteiger partial charge on any atom is -0.480 e. The van der Waals surface area contributed by atoms with Gasteiger partial charge in [0, 0.05) is 0 Å². The molecule has 140 valence electrons. The van der Waals surface area contributed by atoms with Crippen molar-refractivity contribution in [2.24, 2.45) is 0 Å². The Morgan fingerprint density at radius 1 is 1.19 bits per heavy atom. The molecule has 0 aliphatic rings. The van der Waals surface area contributed by atoms with Crippen LogP contribution in [0.2, 0.25) is 0 Å². The van der Waals surface area contributed by atoms with Crippen LogP contribution in [0.5, 0.6) is 0 Å². The van der Waals surface area contributed by atoms with Gasteiger partial charge < -0.3 is 15.7 Å². The Morgan fingerprint density at radius 3 is 2.54 bits per heavy atom. The largest absolute Gasteiger partial charge is 0.480 e. The quantitative estimate of drug-likeness (QED) is 0.588. The number of carboxylic acids is 1. The zero-order valence-corrected chi connectivity index (χ0v) is 14.9. The molecule has 2 rings (SSSR count). The van der Waals surface area contributed by atoms with Crippen LogP contribution in [0.1, 0.15) is 39.5 Å². The number of tetrazole rings is 1. The van der Waals surface area contributed by atoms with Gasteiger partial charge in [0.25, 0.3) is 0 Å². The maximum absolute atomic E-state index is 12.5. The summed E-state index contributed by atoms with van der Waals surface area (Å²) in [4.78, 5) is 23.8. The first-order valence-corrected chi connectivity index (χ1v) is 8.70. The monoisotopic (exact) mass is 360 g/mol. The highest BCUT2D eigenvalue weighted by Crippen LogP contribution is 2.13. The van der Waals surface area contributed by atoms with Crippen molar-refractivity contribution in [1.82, 2.24) is 25.5 Å². The second-order valence-corrected chi connectivity index (χ2v) is 5.90. The van der Waals surface area contributed by atoms with E-state index in [1.807, 2.05) is 44.2 Å². The lowest BCUT2D eigenvalue weighted by Crippen LogP contribution is -2.47. The molecule has 1 aromatic carbocycles. The van der Waals surface area contributed by atoms with Crippen molar-refractivity contribution >= 4 is 17.8 Å². The van der Waals surface area contributed by atoms with Gasteiger partial charge in [-0.05, 0) is 35.4 Å². The SMILES string of the molecule is CCCC[C@H](NC(=O)C(CC)Nc1nnnn1-c1ccccc1)C(=O)O. The van der Waals surface area contributed by atoms with Gasteiger partial charge in [-0.25, -0.2) is 4.79 Å². The van der Waals surface area contributed by atoms with Gasteiger partial charge in [0.05, 0.1) is 5.69 Å². The van der Waals surface area contributed by atoms with E-state index in [4.69, 9.17) is 0 Å². The number of para-hydroxylation sites is 1. The molecular formula is C17H24N6O3. The Hall–Kier alpha value is -2.97. The molecule has 0 saturated carbocycles. The Morgan fingerprint density at radius 2 is 1.92 bits per heavy atom. The van der Waals surface area contributed by atoms with E-state index >= 15 is 0 Å². The fourth-order valence-corrected chi connectivity index (χ4v) is 2.47. The van der Waals surface area contributed by atoms with Crippen LogP contribution in [0.15, 0.2) is 30.3 Å². The Balaban J connectivity index is 2.08. The molecule has 0 spiro atoms. The number of rotatable bonds is 10. The molecule has 0 aliphatic carbocycles. The Bertz CT molecular complexity index is 718. The van der Waals surface area contributed by atoms with E-state index in [9.17, 15) is 14.7 Å². The Labute approximate surface area is 151 Å². The van der Waals surface area contributed by atoms with Crippen molar-refractivity contribution in [3.05, 3.63) is 30.3 Å². The number of benzene rings is 1. The number of nitrogens with one attached hydrogen (secondary N) is 2. The van der Waals surface area contributed by atoms with Crippen LogP contribution < -0.4 is 10.6 Å². The average Bonchev–Trinajstić information content (AvgIpc) is 3.11. The fraction of sp³-hybridized carbons (Fsp3) is 0.471. The summed E-state index contributed by atoms with van der Waals surface area (Å²) in [6.45, 7) is 3.80. The lowest BCUT2D eigenvalue weighted by Gasteiger charge is -2.20. The number of aromatic nitrogens is 4. The second-order valence-electron chi connectivity index (χ2n) is 5.90. The number of carbonyl (C=O) groups excluding carboxylic acids is 1. The highest BCUT2D eigenvalue weighted by atomic mass is 16.4. The number of hydrogen-bond donors (Lipinski definition) is 3. The van der Waals surface area contributed by atoms with Crippen LogP contribution in [0.25, 0.3) is 5.69 Å². The molecule has 9 heteroatoms. The third-order valence-corrected chi connectivity index (χ3v) is 3.96. The van der Waals surface area contributed by atoms with E-state index in [1.165, 1.54) is 4.68 Å². The zero-order valence-electron chi connectivity index (χ0n) is 14.9. The zero-order chi connectivity index (χ0) is 18.9. The molecule has 0 saturated heterocycles. The molecule has 3 N–H and O–H groups in total. The third-order valence-electron chi connectivity index (χ3n) is 3.96. The number of carboxylic acid groups (broad SMARTS) is 1. The number of aliphatic carboxylic acids is 1. The van der Waals surface area contributed by atoms with Gasteiger partial charge in [0.2, 0.25) is 11.9 Å². The van der Waals surface area contributed by atoms with Gasteiger partial charge in [-0.1, -0.05) is 50.0 Å². The molecule has 0 radical (unpaired) electrons. The number of anilines is 1. The molecule has 1 amide bonds. The number of amides is 1. The summed E-state index contributed by atoms with van der Waals surface area (Å²) in [5.74, 6) is -1.10. The van der Waals surface area contributed by atoms with Crippen LogP contribution in [0.4, 0.5) is 5.95 Å². The highest BCUT2D eigenvalue weighted by Gasteiger charge is 2.25. The first kappa shape index (κ1) is 19.4. The van der Waals surface area contributed by atoms with Crippen LogP contribution in [0.3, 0.4) is 0 Å². The average molecular weight is 360 g/mol. The van der Waals surface area contributed by atoms with Gasteiger partial charge in [0.15, 0.2) is 0 Å². The second kappa shape index (κ2) is 9.50. The summed E-state index contributed by atoms with van der Waals surface area (Å²) in [5, 5.41) is 26.4. The normalized spacial score (nSPS) is 13.0. The van der Waals surface area contributed by atoms with Crippen LogP contribution >= 0.6 is 0 Å². The molecule has 2 aromatic rings. The maximum Gasteiger partial charge on any atom is 0.326 e. The van der Waals surface area contributed by atoms with E-state index < -0.39 is 24.0 Å². The van der Waals surface area contributed by atoms with Crippen LogP contribution in [0, 0.1) is 0 Å². The summed E-state index contributed by atoms with van der Waals surface area (Å²) in [5.41, 5.74) is 0.751. The topological polar surface area (TPSA) is 122 Å². The fourth-order valence-electron chi connectivity index (χ4n) is 2.47. The molecule has 0 bridgehead atoms. The van der Waals surface area contributed by atoms with Gasteiger partial charge in [-0.2, -0.15) is 4.68 Å². The van der Waals surface area contributed by atoms with Gasteiger partial charge in [-0.15, -0.1) is 0 Å². The van der Waals surface area contributed by atoms with E-state index in [0.717, 1.165) is 18.5 Å². The molecule has 1 aromatic heterocycles. The van der Waals surface area contributed by atoms with Crippen molar-refractivity contribution in [3.63, 3.8) is 0 Å². The van der Waals surface area contributed by atoms with Crippen molar-refractivity contribution in [2.75, 3.05) is 5.32 Å². The Kier molecular flexibility index (Phi) is 7.07. The minimum atomic E-state index is -1.03. The van der Waals surface area contributed by atoms with Crippen LogP contribution in [-0.2, 0) is 9.59 Å². The maximum atomic E-state index is 12.5. The molecule has 9 nitrogen and oxygen atoms in total. The number of nitrogens with zero attached hydrogens (tertiary/aromatic N) is 4. The standard InChI is InChI=1S/C17H24N6O3/c1-3-5-11-14(16(25)26)18-15(24)13(4-2)19-17-20-21-22-23(17)12-9-7-6-8-10-12/h6-10,13-14H,3-5,11H2,1-2H3,(H,18,24)(H,25,26)(H,19,20,22)/t13?,14-/m0/s1. The smallest absolute Gasteiger partial charge is 0.326 e. The van der Waals surface area contributed by atoms with Crippen molar-refractivity contribution in [1.29, 1.82) is 0 Å². The summed E-state index contributed by atoms with van der Waals surface area (Å²) in [7, 11) is 0. The predicted octanol–water partition coefficient (Wildman–Crippen LogP) is 1.61. The molecule has 2 atom stereocenters. The molecule has 26 heavy (non-hydrogen) atoms. The van der Waals surface area contributed by atoms with E-state index in [1.54, 1.807) is 0 Å². The van der Waals surface area contributed by atoms with Crippen molar-refractivity contribution in [2.45, 2.75) is 51.6 Å². The molecule has 1 heterocycles. The summed E-state index contributed by atoms with van der Waals surface area (Å²) in [6.07, 6.45) is 2.44. The number of hydrogen-bond acceptors (Lipinski definition) is 6. The highest BCUT2D eigenvalue weighted by molar-refractivity contribution is 5.88. The van der Waals surface area contributed by atoms with E-state index in [2.05, 4.69) is 26.2 Å². The number of unbranched alkanes of at least 4 members (excludes halogenated alkanes) is 1. The van der Waals surface area contributed by atoms with Gasteiger partial charge >= 0.3 is 5.97 Å². The summed E-state index contributed by atoms with van der Waals surface area (Å²) < 4.78 is 1.49. The third kappa shape index (κ3) is 5.01. The molecule has 0 aliphatic heterocycles. The predicted molar refractivity (Wildman–Crippen MR) is 95.9 cm³/mol. The first-order valence-electron chi connectivity index (χ1n) is 8.70. The van der Waals surface area contributed by atoms with Gasteiger partial charge in [0.1, 0.15) is 12.1 Å². The first-order chi connectivity index (χ1) is 12.6. The lowest BCUT2D eigenvalue weighted by molar-refractivity contribution is -0.142. The molecule has 1 unspecified atom stereocenters. The molecular weight excluding hydrogens is 336 g/mol. The van der Waals surface area contributed by atoms with Crippen LogP contribution in [-0.4, -0.2) is 49.3 Å². The van der Waals surface area contributed by atoms with Gasteiger partial charge in [-0.3, -0.25) is 4.79 Å². The van der Waals surface area contributed by atoms with E-state index in [0.29, 0.717) is 18.8 Å². The summed E-state index contributed by atoms with van der Waals surface area (Å²) in [6, 6.07) is 7.73. The van der Waals surface area contributed by atoms with E-state index in [-0.39, 0.29) is 0 Å². The number of carbonyl (C=O) groups is 2. The van der Waals surface area contributed by atoms with Crippen molar-refractivity contribution < 1.29 is 14.7 Å². The lowest BCUT2D eigenvalue weighted by atomic mass is 10.1. The molecule has 0 fully saturated rings.